The number of aliphatic hydroxyl groups is 1. The summed E-state index contributed by atoms with van der Waals surface area (Å²) in [6, 6.07) is 8.33. The second-order valence-corrected chi connectivity index (χ2v) is 11.0. The van der Waals surface area contributed by atoms with Crippen LogP contribution in [-0.4, -0.2) is 58.6 Å². The van der Waals surface area contributed by atoms with E-state index in [2.05, 4.69) is 42.2 Å². The van der Waals surface area contributed by atoms with Crippen LogP contribution in [0.2, 0.25) is 0 Å². The van der Waals surface area contributed by atoms with Crippen molar-refractivity contribution in [3.8, 4) is 11.1 Å². The van der Waals surface area contributed by atoms with Crippen LogP contribution in [0.1, 0.15) is 49.0 Å². The number of aliphatic hydroxyl groups excluding tert-OH is 1. The Morgan fingerprint density at radius 3 is 2.46 bits per heavy atom. The Kier molecular flexibility index (Phi) is 6.13. The Balaban J connectivity index is 1.09. The molecule has 0 bridgehead atoms. The highest BCUT2D eigenvalue weighted by molar-refractivity contribution is 5.80. The molecule has 0 saturated heterocycles. The van der Waals surface area contributed by atoms with E-state index >= 15 is 0 Å². The van der Waals surface area contributed by atoms with Crippen LogP contribution in [0.3, 0.4) is 0 Å². The van der Waals surface area contributed by atoms with Gasteiger partial charge in [0.2, 0.25) is 5.95 Å². The molecule has 2 aliphatic rings. The van der Waals surface area contributed by atoms with Gasteiger partial charge in [-0.2, -0.15) is 10.2 Å². The Bertz CT molecular complexity index is 1740. The molecule has 5 heterocycles. The van der Waals surface area contributed by atoms with Gasteiger partial charge in [0.05, 0.1) is 35.1 Å². The number of fused-ring (bicyclic) bond motifs is 1. The van der Waals surface area contributed by atoms with Crippen molar-refractivity contribution >= 4 is 17.0 Å². The van der Waals surface area contributed by atoms with Crippen molar-refractivity contribution in [3.05, 3.63) is 96.4 Å². The number of benzene rings is 1. The van der Waals surface area contributed by atoms with Gasteiger partial charge < -0.3 is 15.7 Å². The van der Waals surface area contributed by atoms with E-state index in [1.165, 1.54) is 12.1 Å². The van der Waals surface area contributed by atoms with Gasteiger partial charge in [0.25, 0.3) is 0 Å². The highest BCUT2D eigenvalue weighted by Gasteiger charge is 2.31. The zero-order valence-corrected chi connectivity index (χ0v) is 22.6. The molecular formula is C30H30FN9O. The highest BCUT2D eigenvalue weighted by Crippen LogP contribution is 2.34. The lowest BCUT2D eigenvalue weighted by atomic mass is 9.87. The lowest BCUT2D eigenvalue weighted by molar-refractivity contribution is 0.0254. The standard InChI is InChI=1S/C30H30FN9O/c1-30(32,22-2-4-24(31)5-3-22)23-14-33-29(34-15-23)38-10-8-19(9-11-38)28-26-12-20(16-40(26)37-18-35-28)21-13-36-39(17-21)25-6-7-27(25)41/h2-5,8,12-18,25,27,41H,6-7,9-11,32H2,1H3/t25-,27-,30+/m1/s1. The van der Waals surface area contributed by atoms with Crippen LogP contribution in [0.15, 0.2) is 73.7 Å². The molecule has 1 aliphatic heterocycles. The van der Waals surface area contributed by atoms with Gasteiger partial charge in [-0.3, -0.25) is 4.68 Å². The fourth-order valence-electron chi connectivity index (χ4n) is 5.56. The molecule has 1 saturated carbocycles. The first kappa shape index (κ1) is 25.5. The summed E-state index contributed by atoms with van der Waals surface area (Å²) in [6.45, 7) is 3.25. The average Bonchev–Trinajstić information content (AvgIpc) is 3.64. The number of halogens is 1. The Morgan fingerprint density at radius 2 is 1.78 bits per heavy atom. The Labute approximate surface area is 236 Å². The van der Waals surface area contributed by atoms with Gasteiger partial charge in [-0.25, -0.2) is 23.9 Å². The topological polar surface area (TPSA) is 123 Å². The monoisotopic (exact) mass is 551 g/mol. The predicted molar refractivity (Wildman–Crippen MR) is 152 cm³/mol. The first-order valence-corrected chi connectivity index (χ1v) is 13.7. The molecule has 4 aromatic heterocycles. The molecule has 41 heavy (non-hydrogen) atoms. The summed E-state index contributed by atoms with van der Waals surface area (Å²) in [7, 11) is 0. The third kappa shape index (κ3) is 4.56. The molecule has 1 fully saturated rings. The third-order valence-electron chi connectivity index (χ3n) is 8.36. The Hall–Kier alpha value is -4.48. The van der Waals surface area contributed by atoms with Crippen LogP contribution < -0.4 is 10.6 Å². The summed E-state index contributed by atoms with van der Waals surface area (Å²) in [5, 5.41) is 18.9. The number of aromatic nitrogens is 7. The Morgan fingerprint density at radius 1 is 0.976 bits per heavy atom. The summed E-state index contributed by atoms with van der Waals surface area (Å²) in [5.41, 5.74) is 12.3. The van der Waals surface area contributed by atoms with E-state index in [0.29, 0.717) is 12.5 Å². The van der Waals surface area contributed by atoms with Crippen LogP contribution in [0, 0.1) is 5.82 Å². The summed E-state index contributed by atoms with van der Waals surface area (Å²) in [6.07, 6.45) is 15.3. The maximum Gasteiger partial charge on any atom is 0.225 e. The van der Waals surface area contributed by atoms with Gasteiger partial charge in [0.15, 0.2) is 0 Å². The maximum atomic E-state index is 13.4. The third-order valence-corrected chi connectivity index (χ3v) is 8.36. The van der Waals surface area contributed by atoms with Gasteiger partial charge in [0, 0.05) is 54.6 Å². The van der Waals surface area contributed by atoms with Crippen LogP contribution in [0.4, 0.5) is 10.3 Å². The molecule has 7 rings (SSSR count). The van der Waals surface area contributed by atoms with Crippen molar-refractivity contribution in [1.82, 2.24) is 34.3 Å². The largest absolute Gasteiger partial charge is 0.391 e. The van der Waals surface area contributed by atoms with E-state index in [1.54, 1.807) is 30.9 Å². The van der Waals surface area contributed by atoms with Crippen molar-refractivity contribution in [2.24, 2.45) is 5.73 Å². The average molecular weight is 552 g/mol. The highest BCUT2D eigenvalue weighted by atomic mass is 19.1. The van der Waals surface area contributed by atoms with E-state index in [-0.39, 0.29) is 18.0 Å². The fraction of sp³-hybridized carbons (Fsp3) is 0.300. The van der Waals surface area contributed by atoms with E-state index < -0.39 is 5.54 Å². The molecule has 1 aromatic carbocycles. The lowest BCUT2D eigenvalue weighted by Crippen LogP contribution is -2.35. The molecule has 10 nitrogen and oxygen atoms in total. The number of nitrogens with two attached hydrogens (primary N) is 1. The van der Waals surface area contributed by atoms with Crippen LogP contribution in [0.5, 0.6) is 0 Å². The molecule has 3 N–H and O–H groups in total. The molecule has 208 valence electrons. The van der Waals surface area contributed by atoms with Crippen molar-refractivity contribution in [1.29, 1.82) is 0 Å². The molecule has 11 heteroatoms. The normalized spacial score (nSPS) is 20.5. The predicted octanol–water partition coefficient (Wildman–Crippen LogP) is 3.73. The van der Waals surface area contributed by atoms with Crippen LogP contribution >= 0.6 is 0 Å². The quantitative estimate of drug-likeness (QED) is 0.327. The fourth-order valence-corrected chi connectivity index (χ4v) is 5.56. The number of hydrogen-bond donors (Lipinski definition) is 2. The number of rotatable bonds is 6. The zero-order valence-electron chi connectivity index (χ0n) is 22.6. The molecular weight excluding hydrogens is 521 g/mol. The van der Waals surface area contributed by atoms with Gasteiger partial charge in [-0.1, -0.05) is 18.2 Å². The molecule has 0 radical (unpaired) electrons. The number of nitrogens with zero attached hydrogens (tertiary/aromatic N) is 8. The van der Waals surface area contributed by atoms with Crippen LogP contribution in [-0.2, 0) is 5.54 Å². The molecule has 5 aromatic rings. The minimum absolute atomic E-state index is 0.0567. The van der Waals surface area contributed by atoms with E-state index in [9.17, 15) is 9.50 Å². The van der Waals surface area contributed by atoms with Gasteiger partial charge in [0.1, 0.15) is 12.1 Å². The second-order valence-electron chi connectivity index (χ2n) is 11.0. The van der Waals surface area contributed by atoms with E-state index in [1.807, 2.05) is 34.7 Å². The van der Waals surface area contributed by atoms with E-state index in [4.69, 9.17) is 5.73 Å². The smallest absolute Gasteiger partial charge is 0.225 e. The molecule has 0 spiro atoms. The summed E-state index contributed by atoms with van der Waals surface area (Å²) < 4.78 is 17.1. The van der Waals surface area contributed by atoms with Crippen molar-refractivity contribution in [2.45, 2.75) is 43.9 Å². The molecule has 0 amide bonds. The van der Waals surface area contributed by atoms with Gasteiger partial charge in [-0.05, 0) is 55.5 Å². The van der Waals surface area contributed by atoms with Crippen molar-refractivity contribution in [3.63, 3.8) is 0 Å². The lowest BCUT2D eigenvalue weighted by Gasteiger charge is -2.32. The first-order valence-electron chi connectivity index (χ1n) is 13.7. The van der Waals surface area contributed by atoms with Crippen molar-refractivity contribution in [2.75, 3.05) is 18.0 Å². The molecule has 0 unspecified atom stereocenters. The van der Waals surface area contributed by atoms with E-state index in [0.717, 1.165) is 64.8 Å². The van der Waals surface area contributed by atoms with Crippen LogP contribution in [0.25, 0.3) is 22.2 Å². The minimum atomic E-state index is -0.840. The van der Waals surface area contributed by atoms with Gasteiger partial charge >= 0.3 is 0 Å². The molecule has 1 aliphatic carbocycles. The second kappa shape index (κ2) is 9.86. The SMILES string of the molecule is C[C@](N)(c1ccc(F)cc1)c1cnc(N2CC=C(c3ncnn4cc(-c5cnn([C@@H]6CC[C@H]6O)c5)cc34)CC2)nc1. The minimum Gasteiger partial charge on any atom is -0.391 e. The van der Waals surface area contributed by atoms with Crippen molar-refractivity contribution < 1.29 is 9.50 Å². The number of anilines is 1. The zero-order chi connectivity index (χ0) is 28.1. The number of hydrogen-bond acceptors (Lipinski definition) is 8. The summed E-state index contributed by atoms with van der Waals surface area (Å²) >= 11 is 0. The maximum absolute atomic E-state index is 13.4. The van der Waals surface area contributed by atoms with Gasteiger partial charge in [-0.15, -0.1) is 0 Å². The first-order chi connectivity index (χ1) is 19.9. The molecule has 3 atom stereocenters. The summed E-state index contributed by atoms with van der Waals surface area (Å²) in [4.78, 5) is 16.0. The summed E-state index contributed by atoms with van der Waals surface area (Å²) in [5.74, 6) is 0.330.